The zero-order valence-electron chi connectivity index (χ0n) is 10.1. The molecule has 2 fully saturated rings. The first-order valence-electron chi connectivity index (χ1n) is 6.63. The van der Waals surface area contributed by atoms with Gasteiger partial charge < -0.3 is 5.32 Å². The lowest BCUT2D eigenvalue weighted by molar-refractivity contribution is 0.443. The molecule has 0 spiro atoms. The molecule has 0 radical (unpaired) electrons. The Kier molecular flexibility index (Phi) is 2.51. The minimum absolute atomic E-state index is 0.283. The molecule has 1 heterocycles. The minimum Gasteiger partial charge on any atom is -0.304 e. The second kappa shape index (κ2) is 3.89. The van der Waals surface area contributed by atoms with E-state index in [9.17, 15) is 0 Å². The second-order valence-corrected chi connectivity index (χ2v) is 5.64. The molecule has 1 aromatic carbocycles. The van der Waals surface area contributed by atoms with Gasteiger partial charge in [0.15, 0.2) is 0 Å². The lowest BCUT2D eigenvalue weighted by atomic mass is 9.83. The highest BCUT2D eigenvalue weighted by Gasteiger charge is 2.38. The molecule has 1 unspecified atom stereocenters. The molecule has 16 heavy (non-hydrogen) atoms. The van der Waals surface area contributed by atoms with Crippen LogP contribution in [0.25, 0.3) is 0 Å². The summed E-state index contributed by atoms with van der Waals surface area (Å²) < 4.78 is 0. The van der Waals surface area contributed by atoms with Gasteiger partial charge in [0, 0.05) is 6.54 Å². The molecule has 1 aromatic rings. The Morgan fingerprint density at radius 2 is 1.69 bits per heavy atom. The number of hydrogen-bond donors (Lipinski definition) is 1. The predicted molar refractivity (Wildman–Crippen MR) is 67.6 cm³/mol. The van der Waals surface area contributed by atoms with Crippen molar-refractivity contribution in [1.29, 1.82) is 0 Å². The third-order valence-corrected chi connectivity index (χ3v) is 4.33. The maximum Gasteiger partial charge on any atom is 0.0533 e. The van der Waals surface area contributed by atoms with Gasteiger partial charge in [-0.05, 0) is 36.8 Å². The fourth-order valence-corrected chi connectivity index (χ4v) is 2.90. The third-order valence-electron chi connectivity index (χ3n) is 4.33. The fourth-order valence-electron chi connectivity index (χ4n) is 2.90. The van der Waals surface area contributed by atoms with Crippen molar-refractivity contribution in [3.8, 4) is 0 Å². The lowest BCUT2D eigenvalue weighted by Crippen LogP contribution is -2.08. The largest absolute Gasteiger partial charge is 0.304 e. The van der Waals surface area contributed by atoms with Gasteiger partial charge in [-0.25, -0.2) is 0 Å². The normalized spacial score (nSPS) is 30.3. The summed E-state index contributed by atoms with van der Waals surface area (Å²) in [7, 11) is 0. The van der Waals surface area contributed by atoms with Gasteiger partial charge in [0.2, 0.25) is 0 Å². The quantitative estimate of drug-likeness (QED) is 0.749. The van der Waals surface area contributed by atoms with Crippen molar-refractivity contribution in [2.75, 3.05) is 6.54 Å². The van der Waals surface area contributed by atoms with Crippen molar-refractivity contribution in [3.05, 3.63) is 35.4 Å². The number of nitrogens with one attached hydrogen (secondary N) is 1. The van der Waals surface area contributed by atoms with Gasteiger partial charge in [-0.1, -0.05) is 43.5 Å². The van der Waals surface area contributed by atoms with Gasteiger partial charge in [0.05, 0.1) is 5.54 Å². The predicted octanol–water partition coefficient (Wildman–Crippen LogP) is 3.55. The minimum atomic E-state index is 0.283. The van der Waals surface area contributed by atoms with Crippen LogP contribution in [0.4, 0.5) is 0 Å². The van der Waals surface area contributed by atoms with E-state index in [1.54, 1.807) is 5.56 Å². The van der Waals surface area contributed by atoms with Crippen LogP contribution in [0.5, 0.6) is 0 Å². The molecule has 0 amide bonds. The average Bonchev–Trinajstić information content (AvgIpc) is 3.10. The lowest BCUT2D eigenvalue weighted by Gasteiger charge is -2.22. The summed E-state index contributed by atoms with van der Waals surface area (Å²) >= 11 is 0. The highest BCUT2D eigenvalue weighted by Crippen LogP contribution is 2.35. The van der Waals surface area contributed by atoms with Crippen molar-refractivity contribution in [2.45, 2.75) is 50.5 Å². The Balaban J connectivity index is 1.76. The Bertz CT molecular complexity index is 356. The van der Waals surface area contributed by atoms with E-state index < -0.39 is 0 Å². The van der Waals surface area contributed by atoms with E-state index in [1.165, 1.54) is 37.7 Å². The summed E-state index contributed by atoms with van der Waals surface area (Å²) in [4.78, 5) is 0. The first kappa shape index (κ1) is 10.3. The van der Waals surface area contributed by atoms with Crippen LogP contribution in [0.3, 0.4) is 0 Å². The highest BCUT2D eigenvalue weighted by molar-refractivity contribution is 5.33. The van der Waals surface area contributed by atoms with Gasteiger partial charge in [0.25, 0.3) is 0 Å². The molecule has 1 N–H and O–H groups in total. The molecular weight excluding hydrogens is 194 g/mol. The third kappa shape index (κ3) is 1.89. The highest BCUT2D eigenvalue weighted by atomic mass is 15.1. The van der Waals surface area contributed by atoms with Crippen molar-refractivity contribution >= 4 is 0 Å². The summed E-state index contributed by atoms with van der Waals surface area (Å²) in [6.07, 6.45) is 7.08. The molecule has 1 nitrogen and oxygen atoms in total. The average molecular weight is 215 g/mol. The number of rotatable bonds is 2. The van der Waals surface area contributed by atoms with Crippen LogP contribution >= 0.6 is 0 Å². The summed E-state index contributed by atoms with van der Waals surface area (Å²) in [6.45, 7) is 3.42. The zero-order valence-corrected chi connectivity index (χ0v) is 10.1. The fraction of sp³-hybridized carbons (Fsp3) is 0.600. The van der Waals surface area contributed by atoms with Gasteiger partial charge in [-0.15, -0.1) is 0 Å². The van der Waals surface area contributed by atoms with E-state index >= 15 is 0 Å². The molecule has 86 valence electrons. The first-order chi connectivity index (χ1) is 7.78. The Labute approximate surface area is 98.3 Å². The molecule has 1 saturated heterocycles. The molecule has 3 rings (SSSR count). The summed E-state index contributed by atoms with van der Waals surface area (Å²) in [5, 5.41) is 3.43. The molecule has 1 saturated carbocycles. The van der Waals surface area contributed by atoms with E-state index in [1.807, 2.05) is 0 Å². The maximum atomic E-state index is 3.43. The molecule has 0 aromatic heterocycles. The Hall–Kier alpha value is -0.820. The van der Waals surface area contributed by atoms with Gasteiger partial charge in [-0.2, -0.15) is 0 Å². The van der Waals surface area contributed by atoms with Gasteiger partial charge in [-0.3, -0.25) is 0 Å². The molecule has 1 heteroatoms. The maximum absolute atomic E-state index is 3.43. The van der Waals surface area contributed by atoms with Crippen LogP contribution in [0.2, 0.25) is 0 Å². The van der Waals surface area contributed by atoms with Crippen LogP contribution in [0.15, 0.2) is 24.3 Å². The SMILES string of the molecule is CC1(c2ccc(C3CCCCC3)cc2)CN1. The molecule has 0 bridgehead atoms. The molecule has 1 aliphatic heterocycles. The smallest absolute Gasteiger partial charge is 0.0533 e. The van der Waals surface area contributed by atoms with Crippen LogP contribution in [0, 0.1) is 0 Å². The van der Waals surface area contributed by atoms with Crippen molar-refractivity contribution < 1.29 is 0 Å². The summed E-state index contributed by atoms with van der Waals surface area (Å²) in [6, 6.07) is 9.36. The molecule has 2 aliphatic rings. The first-order valence-corrected chi connectivity index (χ1v) is 6.63. The van der Waals surface area contributed by atoms with E-state index in [4.69, 9.17) is 0 Å². The van der Waals surface area contributed by atoms with Gasteiger partial charge in [0.1, 0.15) is 0 Å². The van der Waals surface area contributed by atoms with Crippen LogP contribution < -0.4 is 5.32 Å². The van der Waals surface area contributed by atoms with Crippen molar-refractivity contribution in [1.82, 2.24) is 5.32 Å². The zero-order chi connectivity index (χ0) is 11.0. The Morgan fingerprint density at radius 3 is 2.25 bits per heavy atom. The topological polar surface area (TPSA) is 21.9 Å². The van der Waals surface area contributed by atoms with Gasteiger partial charge >= 0.3 is 0 Å². The second-order valence-electron chi connectivity index (χ2n) is 5.64. The number of benzene rings is 1. The van der Waals surface area contributed by atoms with Crippen LogP contribution in [-0.2, 0) is 5.54 Å². The van der Waals surface area contributed by atoms with E-state index in [0.29, 0.717) is 0 Å². The van der Waals surface area contributed by atoms with Crippen LogP contribution in [-0.4, -0.2) is 6.54 Å². The summed E-state index contributed by atoms with van der Waals surface area (Å²) in [5.41, 5.74) is 3.30. The van der Waals surface area contributed by atoms with E-state index in [2.05, 4.69) is 36.5 Å². The number of hydrogen-bond acceptors (Lipinski definition) is 1. The van der Waals surface area contributed by atoms with Crippen molar-refractivity contribution in [2.24, 2.45) is 0 Å². The molecule has 1 atom stereocenters. The van der Waals surface area contributed by atoms with E-state index in [-0.39, 0.29) is 5.54 Å². The monoisotopic (exact) mass is 215 g/mol. The molecule has 1 aliphatic carbocycles. The van der Waals surface area contributed by atoms with E-state index in [0.717, 1.165) is 12.5 Å². The standard InChI is InChI=1S/C15H21N/c1-15(11-16-15)14-9-7-13(8-10-14)12-5-3-2-4-6-12/h7-10,12,16H,2-6,11H2,1H3. The van der Waals surface area contributed by atoms with Crippen LogP contribution in [0.1, 0.15) is 56.1 Å². The van der Waals surface area contributed by atoms with Crippen molar-refractivity contribution in [3.63, 3.8) is 0 Å². The molecular formula is C15H21N. The Morgan fingerprint density at radius 1 is 1.06 bits per heavy atom. The summed E-state index contributed by atoms with van der Waals surface area (Å²) in [5.74, 6) is 0.836.